The number of carbonyl (C=O) groups excluding carboxylic acids is 2. The van der Waals surface area contributed by atoms with E-state index in [0.717, 1.165) is 0 Å². The first-order chi connectivity index (χ1) is 10.3. The lowest BCUT2D eigenvalue weighted by atomic mass is 10.00. The van der Waals surface area contributed by atoms with Crippen molar-refractivity contribution in [2.75, 3.05) is 19.0 Å². The van der Waals surface area contributed by atoms with Crippen LogP contribution in [0.1, 0.15) is 12.8 Å². The fourth-order valence-corrected chi connectivity index (χ4v) is 1.80. The Morgan fingerprint density at radius 1 is 1.00 bits per heavy atom. The van der Waals surface area contributed by atoms with Gasteiger partial charge in [-0.1, -0.05) is 24.3 Å². The van der Waals surface area contributed by atoms with Crippen molar-refractivity contribution in [3.05, 3.63) is 50.6 Å². The summed E-state index contributed by atoms with van der Waals surface area (Å²) in [6, 6.07) is 0. The van der Waals surface area contributed by atoms with Crippen LogP contribution in [0.3, 0.4) is 0 Å². The van der Waals surface area contributed by atoms with Gasteiger partial charge in [0.15, 0.2) is 0 Å². The maximum Gasteiger partial charge on any atom is 0.239 e. The number of nitrogens with two attached hydrogens (primary N) is 1. The van der Waals surface area contributed by atoms with Crippen LogP contribution in [0.2, 0.25) is 0 Å². The van der Waals surface area contributed by atoms with Gasteiger partial charge in [0, 0.05) is 13.1 Å². The van der Waals surface area contributed by atoms with Crippen LogP contribution in [0.25, 0.3) is 0 Å². The third kappa shape index (κ3) is 9.42. The van der Waals surface area contributed by atoms with E-state index >= 15 is 0 Å². The van der Waals surface area contributed by atoms with Gasteiger partial charge in [0.2, 0.25) is 11.8 Å². The molecule has 0 spiro atoms. The molecule has 0 aliphatic heterocycles. The molecule has 0 atom stereocenters. The Labute approximate surface area is 142 Å². The Morgan fingerprint density at radius 3 is 1.64 bits per heavy atom. The molecule has 2 N–H and O–H groups in total. The highest BCUT2D eigenvalue weighted by molar-refractivity contribution is 6.34. The summed E-state index contributed by atoms with van der Waals surface area (Å²) < 4.78 is 0. The van der Waals surface area contributed by atoms with Crippen molar-refractivity contribution in [1.29, 1.82) is 0 Å². The minimum absolute atomic E-state index is 0.0156. The zero-order valence-electron chi connectivity index (χ0n) is 12.8. The summed E-state index contributed by atoms with van der Waals surface area (Å²) in [5, 5.41) is 0. The minimum atomic E-state index is -1.02. The molecule has 0 fully saturated rings. The smallest absolute Gasteiger partial charge is 0.239 e. The number of primary amides is 1. The summed E-state index contributed by atoms with van der Waals surface area (Å²) in [4.78, 5) is 22.3. The highest BCUT2D eigenvalue weighted by Gasteiger charge is 2.30. The van der Waals surface area contributed by atoms with Crippen molar-refractivity contribution < 1.29 is 9.59 Å². The van der Waals surface area contributed by atoms with Crippen molar-refractivity contribution in [1.82, 2.24) is 4.90 Å². The van der Waals surface area contributed by atoms with Gasteiger partial charge >= 0.3 is 0 Å². The Kier molecular flexibility index (Phi) is 13.6. The van der Waals surface area contributed by atoms with Crippen LogP contribution >= 0.6 is 23.2 Å². The van der Waals surface area contributed by atoms with Gasteiger partial charge < -0.3 is 10.6 Å². The molecule has 0 radical (unpaired) electrons. The lowest BCUT2D eigenvalue weighted by molar-refractivity contribution is -0.127. The van der Waals surface area contributed by atoms with E-state index in [1.54, 1.807) is 29.2 Å². The molecule has 0 saturated carbocycles. The summed E-state index contributed by atoms with van der Waals surface area (Å²) in [7, 11) is 0. The molecule has 0 rings (SSSR count). The van der Waals surface area contributed by atoms with E-state index in [9.17, 15) is 9.59 Å². The highest BCUT2D eigenvalue weighted by atomic mass is 35.5. The average molecular weight is 347 g/mol. The van der Waals surface area contributed by atoms with E-state index in [0.29, 0.717) is 25.9 Å². The van der Waals surface area contributed by atoms with Crippen molar-refractivity contribution in [3.8, 4) is 0 Å². The van der Waals surface area contributed by atoms with Gasteiger partial charge in [0.1, 0.15) is 10.8 Å². The summed E-state index contributed by atoms with van der Waals surface area (Å²) >= 11 is 11.2. The van der Waals surface area contributed by atoms with Gasteiger partial charge in [-0.2, -0.15) is 0 Å². The predicted octanol–water partition coefficient (Wildman–Crippen LogP) is 3.03. The monoisotopic (exact) mass is 346 g/mol. The lowest BCUT2D eigenvalue weighted by Gasteiger charge is -2.19. The van der Waals surface area contributed by atoms with E-state index in [-0.39, 0.29) is 11.8 Å². The molecule has 0 saturated heterocycles. The molecule has 0 aromatic rings. The van der Waals surface area contributed by atoms with E-state index in [2.05, 4.69) is 26.3 Å². The SMILES string of the molecule is C=CCC(Cl)(CC=C)C(N)=O.C=CCN(CC=C)C(=O)CCl. The van der Waals surface area contributed by atoms with Crippen molar-refractivity contribution in [2.45, 2.75) is 17.7 Å². The zero-order valence-corrected chi connectivity index (χ0v) is 14.3. The summed E-state index contributed by atoms with van der Waals surface area (Å²) in [6.07, 6.45) is 7.20. The van der Waals surface area contributed by atoms with Gasteiger partial charge in [-0.3, -0.25) is 9.59 Å². The second-order valence-corrected chi connectivity index (χ2v) is 5.32. The molecule has 0 unspecified atom stereocenters. The molecule has 4 nitrogen and oxygen atoms in total. The molecular weight excluding hydrogens is 323 g/mol. The number of nitrogens with zero attached hydrogens (tertiary/aromatic N) is 1. The van der Waals surface area contributed by atoms with E-state index < -0.39 is 10.8 Å². The predicted molar refractivity (Wildman–Crippen MR) is 95.1 cm³/mol. The van der Waals surface area contributed by atoms with E-state index in [4.69, 9.17) is 28.9 Å². The van der Waals surface area contributed by atoms with Crippen LogP contribution in [0.15, 0.2) is 50.6 Å². The van der Waals surface area contributed by atoms with Crippen LogP contribution in [-0.2, 0) is 9.59 Å². The molecule has 0 aliphatic carbocycles. The van der Waals surface area contributed by atoms with Crippen LogP contribution in [0, 0.1) is 0 Å². The molecule has 0 aliphatic rings. The Bertz CT molecular complexity index is 387. The number of amides is 2. The normalized spacial score (nSPS) is 9.73. The highest BCUT2D eigenvalue weighted by Crippen LogP contribution is 2.24. The van der Waals surface area contributed by atoms with Crippen LogP contribution in [-0.4, -0.2) is 40.6 Å². The molecule has 0 aromatic heterocycles. The maximum atomic E-state index is 11.0. The lowest BCUT2D eigenvalue weighted by Crippen LogP contribution is -2.37. The molecule has 0 aromatic carbocycles. The molecular formula is C16H24Cl2N2O2. The number of allylic oxidation sites excluding steroid dienone is 2. The average Bonchev–Trinajstić information content (AvgIpc) is 2.47. The molecule has 6 heteroatoms. The Hall–Kier alpha value is -1.52. The van der Waals surface area contributed by atoms with Crippen molar-refractivity contribution >= 4 is 35.0 Å². The molecule has 22 heavy (non-hydrogen) atoms. The van der Waals surface area contributed by atoms with Gasteiger partial charge in [0.05, 0.1) is 0 Å². The van der Waals surface area contributed by atoms with Gasteiger partial charge in [-0.25, -0.2) is 0 Å². The Morgan fingerprint density at radius 2 is 1.41 bits per heavy atom. The van der Waals surface area contributed by atoms with Crippen molar-refractivity contribution in [3.63, 3.8) is 0 Å². The van der Waals surface area contributed by atoms with Gasteiger partial charge in [0.25, 0.3) is 0 Å². The second kappa shape index (κ2) is 13.2. The van der Waals surface area contributed by atoms with Gasteiger partial charge in [-0.15, -0.1) is 49.5 Å². The van der Waals surface area contributed by atoms with Crippen LogP contribution in [0.5, 0.6) is 0 Å². The molecule has 0 heterocycles. The number of alkyl halides is 2. The third-order valence-electron chi connectivity index (χ3n) is 2.54. The standard InChI is InChI=1S/2C8H12ClNO/c1-3-5-10(6-4-2)8(11)7-9;1-3-5-8(9,6-4-2)7(10)11/h3-4H,1-2,5-7H2;3-4H,1-2,5-6H2,(H2,10,11). The van der Waals surface area contributed by atoms with Crippen LogP contribution < -0.4 is 5.73 Å². The first kappa shape index (κ1) is 22.8. The first-order valence-electron chi connectivity index (χ1n) is 6.59. The first-order valence-corrected chi connectivity index (χ1v) is 7.50. The Balaban J connectivity index is 0. The van der Waals surface area contributed by atoms with Gasteiger partial charge in [-0.05, 0) is 12.8 Å². The van der Waals surface area contributed by atoms with Crippen LogP contribution in [0.4, 0.5) is 0 Å². The number of carbonyl (C=O) groups is 2. The molecule has 2 amide bonds. The second-order valence-electron chi connectivity index (χ2n) is 4.32. The topological polar surface area (TPSA) is 63.4 Å². The molecule has 124 valence electrons. The van der Waals surface area contributed by atoms with E-state index in [1.807, 2.05) is 0 Å². The summed E-state index contributed by atoms with van der Waals surface area (Å²) in [6.45, 7) is 15.1. The number of rotatable bonds is 10. The number of hydrogen-bond acceptors (Lipinski definition) is 2. The fraction of sp³-hybridized carbons (Fsp3) is 0.375. The minimum Gasteiger partial charge on any atom is -0.368 e. The third-order valence-corrected chi connectivity index (χ3v) is 3.27. The number of halogens is 2. The van der Waals surface area contributed by atoms with E-state index in [1.165, 1.54) is 0 Å². The van der Waals surface area contributed by atoms with Crippen molar-refractivity contribution in [2.24, 2.45) is 5.73 Å². The largest absolute Gasteiger partial charge is 0.368 e. The number of hydrogen-bond donors (Lipinski definition) is 1. The summed E-state index contributed by atoms with van der Waals surface area (Å²) in [5.74, 6) is -0.604. The maximum absolute atomic E-state index is 11.0. The molecule has 0 bridgehead atoms. The fourth-order valence-electron chi connectivity index (χ4n) is 1.42. The zero-order chi connectivity index (χ0) is 17.6. The quantitative estimate of drug-likeness (QED) is 0.488. The summed E-state index contributed by atoms with van der Waals surface area (Å²) in [5.41, 5.74) is 5.08.